The lowest BCUT2D eigenvalue weighted by molar-refractivity contribution is -0.113. The van der Waals surface area contributed by atoms with Crippen LogP contribution in [0.15, 0.2) is 53.7 Å². The van der Waals surface area contributed by atoms with Crippen molar-refractivity contribution < 1.29 is 23.5 Å². The summed E-state index contributed by atoms with van der Waals surface area (Å²) in [6.07, 6.45) is 0. The van der Waals surface area contributed by atoms with E-state index in [4.69, 9.17) is 9.47 Å². The molecule has 0 spiro atoms. The van der Waals surface area contributed by atoms with E-state index in [0.717, 1.165) is 0 Å². The average molecular weight is 385 g/mol. The van der Waals surface area contributed by atoms with E-state index >= 15 is 0 Å². The number of carbonyl (C=O) groups is 2. The Balaban J connectivity index is 2.02. The van der Waals surface area contributed by atoms with Crippen molar-refractivity contribution in [1.82, 2.24) is 10.6 Å². The number of hydrogen-bond donors (Lipinski definition) is 3. The van der Waals surface area contributed by atoms with E-state index in [1.54, 1.807) is 25.1 Å². The molecular formula is C20H20FN3O4. The van der Waals surface area contributed by atoms with Crippen LogP contribution in [-0.2, 0) is 4.79 Å². The lowest BCUT2D eigenvalue weighted by atomic mass is 9.93. The molecule has 0 radical (unpaired) electrons. The van der Waals surface area contributed by atoms with Crippen molar-refractivity contribution >= 4 is 17.6 Å². The molecule has 0 bridgehead atoms. The number of methoxy groups -OCH3 is 2. The Hall–Kier alpha value is -3.55. The number of rotatable bonds is 5. The number of benzene rings is 2. The monoisotopic (exact) mass is 385 g/mol. The summed E-state index contributed by atoms with van der Waals surface area (Å²) in [5.41, 5.74) is 1.70. The van der Waals surface area contributed by atoms with Crippen molar-refractivity contribution in [2.24, 2.45) is 0 Å². The van der Waals surface area contributed by atoms with Crippen molar-refractivity contribution in [2.75, 3.05) is 19.5 Å². The maximum absolute atomic E-state index is 13.1. The van der Waals surface area contributed by atoms with Gasteiger partial charge in [-0.05, 0) is 37.3 Å². The smallest absolute Gasteiger partial charge is 0.319 e. The van der Waals surface area contributed by atoms with Crippen LogP contribution in [0.1, 0.15) is 18.5 Å². The predicted octanol–water partition coefficient (Wildman–Crippen LogP) is 3.11. The molecule has 0 saturated carbocycles. The average Bonchev–Trinajstić information content (AvgIpc) is 2.68. The van der Waals surface area contributed by atoms with Crippen molar-refractivity contribution in [2.45, 2.75) is 13.0 Å². The van der Waals surface area contributed by atoms with Gasteiger partial charge in [-0.2, -0.15) is 0 Å². The summed E-state index contributed by atoms with van der Waals surface area (Å²) >= 11 is 0. The second-order valence-corrected chi connectivity index (χ2v) is 6.11. The molecule has 28 heavy (non-hydrogen) atoms. The van der Waals surface area contributed by atoms with Crippen molar-refractivity contribution in [3.63, 3.8) is 0 Å². The van der Waals surface area contributed by atoms with E-state index in [0.29, 0.717) is 34.0 Å². The first-order valence-electron chi connectivity index (χ1n) is 8.50. The molecule has 0 aliphatic carbocycles. The summed E-state index contributed by atoms with van der Waals surface area (Å²) < 4.78 is 23.9. The number of para-hydroxylation sites is 1. The molecule has 0 fully saturated rings. The van der Waals surface area contributed by atoms with Crippen LogP contribution < -0.4 is 25.4 Å². The van der Waals surface area contributed by atoms with Gasteiger partial charge in [-0.1, -0.05) is 12.1 Å². The van der Waals surface area contributed by atoms with E-state index in [2.05, 4.69) is 16.0 Å². The van der Waals surface area contributed by atoms with E-state index < -0.39 is 23.8 Å². The summed E-state index contributed by atoms with van der Waals surface area (Å²) in [6.45, 7) is 1.64. The van der Waals surface area contributed by atoms with Crippen LogP contribution in [0, 0.1) is 5.82 Å². The Kier molecular flexibility index (Phi) is 5.49. The zero-order chi connectivity index (χ0) is 20.3. The molecule has 3 N–H and O–H groups in total. The topological polar surface area (TPSA) is 88.7 Å². The zero-order valence-corrected chi connectivity index (χ0v) is 15.6. The van der Waals surface area contributed by atoms with Crippen LogP contribution in [0.25, 0.3) is 0 Å². The molecule has 1 aliphatic rings. The lowest BCUT2D eigenvalue weighted by Crippen LogP contribution is -2.46. The van der Waals surface area contributed by atoms with Gasteiger partial charge in [0.2, 0.25) is 0 Å². The molecule has 3 rings (SSSR count). The Labute approximate surface area is 161 Å². The first-order chi connectivity index (χ1) is 13.4. The number of allylic oxidation sites excluding steroid dienone is 1. The maximum atomic E-state index is 13.1. The number of halogens is 1. The number of carbonyl (C=O) groups excluding carboxylic acids is 2. The first-order valence-corrected chi connectivity index (χ1v) is 8.50. The van der Waals surface area contributed by atoms with Gasteiger partial charge in [-0.25, -0.2) is 9.18 Å². The van der Waals surface area contributed by atoms with Gasteiger partial charge in [-0.3, -0.25) is 4.79 Å². The standard InChI is InChI=1S/C20H20FN3O4/c1-11-16(19(25)23-13-9-7-12(21)8-10-13)17(24-20(26)22-11)14-5-4-6-15(27-2)18(14)28-3/h4-10,17H,1-3H3,(H,23,25)(H2,22,24,26). The van der Waals surface area contributed by atoms with E-state index in [-0.39, 0.29) is 0 Å². The van der Waals surface area contributed by atoms with Crippen LogP contribution in [0.5, 0.6) is 11.5 Å². The van der Waals surface area contributed by atoms with Gasteiger partial charge in [0.25, 0.3) is 5.91 Å². The molecule has 2 aromatic rings. The number of amides is 3. The second kappa shape index (κ2) is 7.99. The molecule has 146 valence electrons. The van der Waals surface area contributed by atoms with E-state index in [9.17, 15) is 14.0 Å². The minimum absolute atomic E-state index is 0.301. The third-order valence-electron chi connectivity index (χ3n) is 4.36. The fourth-order valence-corrected chi connectivity index (χ4v) is 3.10. The quantitative estimate of drug-likeness (QED) is 0.738. The van der Waals surface area contributed by atoms with Gasteiger partial charge in [0.1, 0.15) is 5.82 Å². The molecule has 2 aromatic carbocycles. The Morgan fingerprint density at radius 1 is 1.11 bits per heavy atom. The number of urea groups is 1. The fraction of sp³-hybridized carbons (Fsp3) is 0.200. The van der Waals surface area contributed by atoms with E-state index in [1.807, 2.05) is 0 Å². The van der Waals surface area contributed by atoms with Crippen LogP contribution in [0.3, 0.4) is 0 Å². The normalized spacial score (nSPS) is 16.1. The molecule has 8 heteroatoms. The molecule has 1 unspecified atom stereocenters. The Morgan fingerprint density at radius 2 is 1.82 bits per heavy atom. The van der Waals surface area contributed by atoms with Crippen LogP contribution in [0.4, 0.5) is 14.9 Å². The number of nitrogens with one attached hydrogen (secondary N) is 3. The second-order valence-electron chi connectivity index (χ2n) is 6.11. The molecule has 0 saturated heterocycles. The Bertz CT molecular complexity index is 941. The van der Waals surface area contributed by atoms with Gasteiger partial charge in [-0.15, -0.1) is 0 Å². The van der Waals surface area contributed by atoms with Crippen molar-refractivity contribution in [1.29, 1.82) is 0 Å². The number of ether oxygens (including phenoxy) is 2. The minimum atomic E-state index is -0.765. The van der Waals surface area contributed by atoms with Crippen molar-refractivity contribution in [3.8, 4) is 11.5 Å². The van der Waals surface area contributed by atoms with Gasteiger partial charge < -0.3 is 25.4 Å². The molecule has 3 amide bonds. The molecule has 7 nitrogen and oxygen atoms in total. The number of hydrogen-bond acceptors (Lipinski definition) is 4. The zero-order valence-electron chi connectivity index (χ0n) is 15.6. The summed E-state index contributed by atoms with van der Waals surface area (Å²) in [5.74, 6) is 0.0475. The highest BCUT2D eigenvalue weighted by molar-refractivity contribution is 6.06. The molecular weight excluding hydrogens is 365 g/mol. The van der Waals surface area contributed by atoms with Gasteiger partial charge in [0.05, 0.1) is 25.8 Å². The largest absolute Gasteiger partial charge is 0.493 e. The van der Waals surface area contributed by atoms with Crippen LogP contribution in [-0.4, -0.2) is 26.2 Å². The first kappa shape index (κ1) is 19.2. The summed E-state index contributed by atoms with van der Waals surface area (Å²) in [6, 6.07) is 9.43. The van der Waals surface area contributed by atoms with E-state index in [1.165, 1.54) is 38.5 Å². The summed E-state index contributed by atoms with van der Waals surface area (Å²) in [7, 11) is 2.99. The van der Waals surface area contributed by atoms with Crippen LogP contribution >= 0.6 is 0 Å². The Morgan fingerprint density at radius 3 is 2.46 bits per heavy atom. The fourth-order valence-electron chi connectivity index (χ4n) is 3.10. The highest BCUT2D eigenvalue weighted by Gasteiger charge is 2.33. The highest BCUT2D eigenvalue weighted by atomic mass is 19.1. The van der Waals surface area contributed by atoms with Gasteiger partial charge in [0, 0.05) is 16.9 Å². The summed E-state index contributed by atoms with van der Waals surface area (Å²) in [4.78, 5) is 25.1. The maximum Gasteiger partial charge on any atom is 0.319 e. The van der Waals surface area contributed by atoms with Gasteiger partial charge >= 0.3 is 6.03 Å². The third-order valence-corrected chi connectivity index (χ3v) is 4.36. The molecule has 1 heterocycles. The highest BCUT2D eigenvalue weighted by Crippen LogP contribution is 2.39. The van der Waals surface area contributed by atoms with Gasteiger partial charge in [0.15, 0.2) is 11.5 Å². The summed E-state index contributed by atoms with van der Waals surface area (Å²) in [5, 5.41) is 8.08. The molecule has 1 atom stereocenters. The van der Waals surface area contributed by atoms with Crippen molar-refractivity contribution in [3.05, 3.63) is 65.1 Å². The third kappa shape index (κ3) is 3.75. The minimum Gasteiger partial charge on any atom is -0.493 e. The molecule has 0 aromatic heterocycles. The number of anilines is 1. The lowest BCUT2D eigenvalue weighted by Gasteiger charge is -2.30. The predicted molar refractivity (Wildman–Crippen MR) is 102 cm³/mol. The van der Waals surface area contributed by atoms with Crippen LogP contribution in [0.2, 0.25) is 0 Å². The SMILES string of the molecule is COc1cccc(C2NC(=O)NC(C)=C2C(=O)Nc2ccc(F)cc2)c1OC. The molecule has 1 aliphatic heterocycles.